The molecule has 0 aromatic carbocycles. The lowest BCUT2D eigenvalue weighted by molar-refractivity contribution is 0.0956. The predicted octanol–water partition coefficient (Wildman–Crippen LogP) is 2.65. The lowest BCUT2D eigenvalue weighted by Crippen LogP contribution is -2.28. The Morgan fingerprint density at radius 1 is 1.58 bits per heavy atom. The summed E-state index contributed by atoms with van der Waals surface area (Å²) in [6.07, 6.45) is 0.779. The second-order valence-corrected chi connectivity index (χ2v) is 6.38. The molecule has 0 aliphatic carbocycles. The van der Waals surface area contributed by atoms with Gasteiger partial charge in [-0.1, -0.05) is 6.07 Å². The Morgan fingerprint density at radius 2 is 2.37 bits per heavy atom. The van der Waals surface area contributed by atoms with Crippen LogP contribution in [-0.4, -0.2) is 23.5 Å². The molecule has 3 N–H and O–H groups in total. The zero-order valence-electron chi connectivity index (χ0n) is 11.0. The zero-order chi connectivity index (χ0) is 13.8. The van der Waals surface area contributed by atoms with Crippen LogP contribution in [0.4, 0.5) is 0 Å². The van der Waals surface area contributed by atoms with E-state index in [2.05, 4.69) is 10.3 Å². The number of amides is 1. The topological polar surface area (TPSA) is 68.0 Å². The van der Waals surface area contributed by atoms with Gasteiger partial charge in [-0.2, -0.15) is 0 Å². The minimum Gasteiger partial charge on any atom is -0.351 e. The maximum Gasteiger partial charge on any atom is 0.263 e. The molecule has 0 spiro atoms. The van der Waals surface area contributed by atoms with Gasteiger partial charge in [-0.05, 0) is 31.7 Å². The fourth-order valence-electron chi connectivity index (χ4n) is 1.61. The number of nitrogens with two attached hydrogens (primary N) is 1. The van der Waals surface area contributed by atoms with Crippen LogP contribution in [0.3, 0.4) is 0 Å². The van der Waals surface area contributed by atoms with Crippen LogP contribution in [0.2, 0.25) is 0 Å². The molecule has 0 fully saturated rings. The summed E-state index contributed by atoms with van der Waals surface area (Å²) in [5.41, 5.74) is 6.44. The SMILES string of the molecule is Cc1nc(-c2cccs2)sc1C(=O)NCCC(C)N. The molecule has 1 unspecified atom stereocenters. The molecule has 0 saturated carbocycles. The number of nitrogens with one attached hydrogen (secondary N) is 1. The van der Waals surface area contributed by atoms with Crippen molar-refractivity contribution in [3.63, 3.8) is 0 Å². The average molecular weight is 295 g/mol. The van der Waals surface area contributed by atoms with E-state index in [0.717, 1.165) is 22.0 Å². The highest BCUT2D eigenvalue weighted by Gasteiger charge is 2.16. The Balaban J connectivity index is 2.06. The first-order valence-electron chi connectivity index (χ1n) is 6.13. The van der Waals surface area contributed by atoms with Gasteiger partial charge in [0.05, 0.1) is 10.6 Å². The minimum atomic E-state index is -0.0570. The maximum atomic E-state index is 12.1. The summed E-state index contributed by atoms with van der Waals surface area (Å²) in [6, 6.07) is 4.10. The number of hydrogen-bond acceptors (Lipinski definition) is 5. The molecule has 2 aromatic heterocycles. The quantitative estimate of drug-likeness (QED) is 0.891. The van der Waals surface area contributed by atoms with Gasteiger partial charge in [-0.15, -0.1) is 22.7 Å². The van der Waals surface area contributed by atoms with Crippen molar-refractivity contribution in [3.05, 3.63) is 28.1 Å². The van der Waals surface area contributed by atoms with Crippen LogP contribution in [0.5, 0.6) is 0 Å². The highest BCUT2D eigenvalue weighted by molar-refractivity contribution is 7.22. The van der Waals surface area contributed by atoms with Gasteiger partial charge >= 0.3 is 0 Å². The number of thiophene rings is 1. The van der Waals surface area contributed by atoms with Crippen LogP contribution >= 0.6 is 22.7 Å². The summed E-state index contributed by atoms with van der Waals surface area (Å²) in [4.78, 5) is 18.3. The molecule has 102 valence electrons. The molecule has 6 heteroatoms. The van der Waals surface area contributed by atoms with Crippen LogP contribution in [0, 0.1) is 6.92 Å². The minimum absolute atomic E-state index is 0.0570. The monoisotopic (exact) mass is 295 g/mol. The predicted molar refractivity (Wildman–Crippen MR) is 80.8 cm³/mol. The molecule has 4 nitrogen and oxygen atoms in total. The molecule has 2 heterocycles. The number of nitrogens with zero attached hydrogens (tertiary/aromatic N) is 1. The van der Waals surface area contributed by atoms with Crippen LogP contribution < -0.4 is 11.1 Å². The first-order valence-corrected chi connectivity index (χ1v) is 7.82. The van der Waals surface area contributed by atoms with E-state index in [4.69, 9.17) is 5.73 Å². The van der Waals surface area contributed by atoms with Gasteiger partial charge in [0, 0.05) is 12.6 Å². The molecular weight excluding hydrogens is 278 g/mol. The van der Waals surface area contributed by atoms with Crippen molar-refractivity contribution in [2.75, 3.05) is 6.54 Å². The van der Waals surface area contributed by atoms with Gasteiger partial charge in [0.1, 0.15) is 9.88 Å². The maximum absolute atomic E-state index is 12.1. The fraction of sp³-hybridized carbons (Fsp3) is 0.385. The van der Waals surface area contributed by atoms with E-state index in [-0.39, 0.29) is 11.9 Å². The third kappa shape index (κ3) is 3.62. The Hall–Kier alpha value is -1.24. The number of carbonyl (C=O) groups excluding carboxylic acids is 1. The number of aromatic nitrogens is 1. The van der Waals surface area contributed by atoms with E-state index in [1.807, 2.05) is 31.4 Å². The summed E-state index contributed by atoms with van der Waals surface area (Å²) in [5.74, 6) is -0.0570. The van der Waals surface area contributed by atoms with Gasteiger partial charge < -0.3 is 11.1 Å². The van der Waals surface area contributed by atoms with Crippen LogP contribution in [-0.2, 0) is 0 Å². The molecule has 0 aliphatic heterocycles. The van der Waals surface area contributed by atoms with E-state index in [0.29, 0.717) is 11.4 Å². The van der Waals surface area contributed by atoms with Gasteiger partial charge in [0.15, 0.2) is 0 Å². The van der Waals surface area contributed by atoms with E-state index in [1.165, 1.54) is 11.3 Å². The van der Waals surface area contributed by atoms with Crippen molar-refractivity contribution >= 4 is 28.6 Å². The smallest absolute Gasteiger partial charge is 0.263 e. The number of aryl methyl sites for hydroxylation is 1. The molecule has 0 saturated heterocycles. The van der Waals surface area contributed by atoms with E-state index in [1.54, 1.807) is 11.3 Å². The van der Waals surface area contributed by atoms with Gasteiger partial charge in [0.25, 0.3) is 5.91 Å². The van der Waals surface area contributed by atoms with Crippen LogP contribution in [0.15, 0.2) is 17.5 Å². The van der Waals surface area contributed by atoms with Crippen LogP contribution in [0.1, 0.15) is 28.7 Å². The molecule has 19 heavy (non-hydrogen) atoms. The number of carbonyl (C=O) groups is 1. The number of thiazole rings is 1. The summed E-state index contributed by atoms with van der Waals surface area (Å²) in [5, 5.41) is 5.80. The zero-order valence-corrected chi connectivity index (χ0v) is 12.6. The molecular formula is C13H17N3OS2. The second kappa shape index (κ2) is 6.27. The lowest BCUT2D eigenvalue weighted by Gasteiger charge is -2.06. The molecule has 1 amide bonds. The summed E-state index contributed by atoms with van der Waals surface area (Å²) in [6.45, 7) is 4.40. The van der Waals surface area contributed by atoms with Crippen molar-refractivity contribution in [3.8, 4) is 9.88 Å². The Kier molecular flexibility index (Phi) is 4.68. The van der Waals surface area contributed by atoms with E-state index < -0.39 is 0 Å². The number of hydrogen-bond donors (Lipinski definition) is 2. The van der Waals surface area contributed by atoms with Crippen molar-refractivity contribution in [2.45, 2.75) is 26.3 Å². The van der Waals surface area contributed by atoms with Crippen molar-refractivity contribution in [1.29, 1.82) is 0 Å². The standard InChI is InChI=1S/C13H17N3OS2/c1-8(14)5-6-15-12(17)11-9(2)16-13(19-11)10-4-3-7-18-10/h3-4,7-8H,5-6,14H2,1-2H3,(H,15,17). The molecule has 2 rings (SSSR count). The first kappa shape index (κ1) is 14.2. The highest BCUT2D eigenvalue weighted by Crippen LogP contribution is 2.30. The Bertz CT molecular complexity index is 546. The van der Waals surface area contributed by atoms with Crippen LogP contribution in [0.25, 0.3) is 9.88 Å². The Morgan fingerprint density at radius 3 is 3.00 bits per heavy atom. The first-order chi connectivity index (χ1) is 9.08. The molecule has 0 bridgehead atoms. The average Bonchev–Trinajstić information content (AvgIpc) is 2.96. The third-order valence-electron chi connectivity index (χ3n) is 2.62. The largest absolute Gasteiger partial charge is 0.351 e. The van der Waals surface area contributed by atoms with E-state index >= 15 is 0 Å². The van der Waals surface area contributed by atoms with Crippen molar-refractivity contribution in [1.82, 2.24) is 10.3 Å². The summed E-state index contributed by atoms with van der Waals surface area (Å²) in [7, 11) is 0. The fourth-order valence-corrected chi connectivity index (χ4v) is 3.39. The van der Waals surface area contributed by atoms with Gasteiger partial charge in [0.2, 0.25) is 0 Å². The summed E-state index contributed by atoms with van der Waals surface area (Å²) >= 11 is 3.07. The number of rotatable bonds is 5. The molecule has 0 aliphatic rings. The van der Waals surface area contributed by atoms with Gasteiger partial charge in [-0.25, -0.2) is 4.98 Å². The van der Waals surface area contributed by atoms with Gasteiger partial charge in [-0.3, -0.25) is 4.79 Å². The summed E-state index contributed by atoms with van der Waals surface area (Å²) < 4.78 is 0. The van der Waals surface area contributed by atoms with Crippen molar-refractivity contribution < 1.29 is 4.79 Å². The molecule has 1 atom stereocenters. The highest BCUT2D eigenvalue weighted by atomic mass is 32.1. The second-order valence-electron chi connectivity index (χ2n) is 4.43. The Labute approximate surface area is 120 Å². The van der Waals surface area contributed by atoms with Crippen molar-refractivity contribution in [2.24, 2.45) is 5.73 Å². The molecule has 0 radical (unpaired) electrons. The lowest BCUT2D eigenvalue weighted by atomic mass is 10.2. The third-order valence-corrected chi connectivity index (χ3v) is 4.82. The normalized spacial score (nSPS) is 12.4. The van der Waals surface area contributed by atoms with E-state index in [9.17, 15) is 4.79 Å². The molecule has 2 aromatic rings.